The number of methoxy groups -OCH3 is 1. The van der Waals surface area contributed by atoms with Crippen LogP contribution in [0, 0.1) is 6.92 Å². The Morgan fingerprint density at radius 2 is 1.92 bits per heavy atom. The van der Waals surface area contributed by atoms with Gasteiger partial charge in [0.2, 0.25) is 0 Å². The van der Waals surface area contributed by atoms with E-state index in [4.69, 9.17) is 14.5 Å². The first-order valence-corrected chi connectivity index (χ1v) is 8.26. The summed E-state index contributed by atoms with van der Waals surface area (Å²) in [4.78, 5) is 7.29. The van der Waals surface area contributed by atoms with Crippen LogP contribution in [0.4, 0.5) is 5.69 Å². The number of aryl methyl sites for hydroxylation is 1. The standard InChI is InChI=1S/C19H21N3O2/c1-13-3-6-17-16(11-13)21-19(22-9-7-20-8-10-22)15-5-4-14(23-2)12-18(15)24-17/h3-6,11-12,20H,7-10H2,1-2H3. The van der Waals surface area contributed by atoms with Gasteiger partial charge < -0.3 is 19.7 Å². The Balaban J connectivity index is 1.87. The molecule has 1 fully saturated rings. The number of ether oxygens (including phenoxy) is 2. The zero-order valence-corrected chi connectivity index (χ0v) is 14.0. The zero-order chi connectivity index (χ0) is 16.5. The maximum absolute atomic E-state index is 6.18. The van der Waals surface area contributed by atoms with Crippen molar-refractivity contribution >= 4 is 11.5 Å². The van der Waals surface area contributed by atoms with E-state index in [1.54, 1.807) is 7.11 Å². The highest BCUT2D eigenvalue weighted by Gasteiger charge is 2.24. The highest BCUT2D eigenvalue weighted by molar-refractivity contribution is 6.04. The number of hydrogen-bond donors (Lipinski definition) is 1. The molecule has 0 aromatic heterocycles. The predicted octanol–water partition coefficient (Wildman–Crippen LogP) is 3.09. The second kappa shape index (κ2) is 6.17. The first-order chi connectivity index (χ1) is 11.7. The quantitative estimate of drug-likeness (QED) is 0.876. The number of hydrogen-bond acceptors (Lipinski definition) is 5. The molecule has 0 amide bonds. The van der Waals surface area contributed by atoms with Crippen molar-refractivity contribution in [2.45, 2.75) is 6.92 Å². The first kappa shape index (κ1) is 15.0. The molecule has 0 unspecified atom stereocenters. The van der Waals surface area contributed by atoms with Crippen LogP contribution in [0.25, 0.3) is 0 Å². The second-order valence-electron chi connectivity index (χ2n) is 6.11. The summed E-state index contributed by atoms with van der Waals surface area (Å²) in [6.45, 7) is 5.87. The van der Waals surface area contributed by atoms with Crippen molar-refractivity contribution in [2.24, 2.45) is 4.99 Å². The Labute approximate surface area is 141 Å². The fraction of sp³-hybridized carbons (Fsp3) is 0.316. The zero-order valence-electron chi connectivity index (χ0n) is 14.0. The number of nitrogens with one attached hydrogen (secondary N) is 1. The number of nitrogens with zero attached hydrogens (tertiary/aromatic N) is 2. The summed E-state index contributed by atoms with van der Waals surface area (Å²) in [5.74, 6) is 3.32. The van der Waals surface area contributed by atoms with E-state index in [-0.39, 0.29) is 0 Å². The number of benzene rings is 2. The summed E-state index contributed by atoms with van der Waals surface area (Å²) in [6.07, 6.45) is 0. The molecule has 1 N–H and O–H groups in total. The number of piperazine rings is 1. The normalized spacial score (nSPS) is 16.4. The SMILES string of the molecule is COc1ccc2c(c1)Oc1ccc(C)cc1N=C2N1CCNCC1. The number of rotatable bonds is 1. The minimum Gasteiger partial charge on any atom is -0.497 e. The van der Waals surface area contributed by atoms with Crippen LogP contribution in [0.15, 0.2) is 41.4 Å². The lowest BCUT2D eigenvalue weighted by molar-refractivity contribution is 0.357. The van der Waals surface area contributed by atoms with Crippen molar-refractivity contribution in [3.8, 4) is 17.2 Å². The maximum atomic E-state index is 6.18. The van der Waals surface area contributed by atoms with Gasteiger partial charge in [-0.15, -0.1) is 0 Å². The minimum atomic E-state index is 0.778. The second-order valence-corrected chi connectivity index (χ2v) is 6.11. The lowest BCUT2D eigenvalue weighted by atomic mass is 10.1. The van der Waals surface area contributed by atoms with E-state index in [1.807, 2.05) is 30.3 Å². The van der Waals surface area contributed by atoms with Gasteiger partial charge in [-0.05, 0) is 36.8 Å². The number of amidine groups is 1. The van der Waals surface area contributed by atoms with Crippen LogP contribution in [0.3, 0.4) is 0 Å². The molecule has 0 atom stereocenters. The minimum absolute atomic E-state index is 0.778. The van der Waals surface area contributed by atoms with E-state index in [0.717, 1.165) is 60.5 Å². The number of aliphatic imine (C=N–C) groups is 1. The van der Waals surface area contributed by atoms with Gasteiger partial charge in [-0.1, -0.05) is 6.07 Å². The first-order valence-electron chi connectivity index (χ1n) is 8.26. The molecule has 5 nitrogen and oxygen atoms in total. The molecule has 5 heteroatoms. The molecule has 0 saturated carbocycles. The summed E-state index contributed by atoms with van der Waals surface area (Å²) in [5.41, 5.74) is 3.05. The monoisotopic (exact) mass is 323 g/mol. The van der Waals surface area contributed by atoms with Crippen LogP contribution in [0.5, 0.6) is 17.2 Å². The van der Waals surface area contributed by atoms with Crippen LogP contribution >= 0.6 is 0 Å². The van der Waals surface area contributed by atoms with E-state index >= 15 is 0 Å². The third-order valence-electron chi connectivity index (χ3n) is 4.41. The van der Waals surface area contributed by atoms with Gasteiger partial charge >= 0.3 is 0 Å². The summed E-state index contributed by atoms with van der Waals surface area (Å²) in [7, 11) is 1.67. The van der Waals surface area contributed by atoms with Crippen LogP contribution in [0.2, 0.25) is 0 Å². The molecule has 2 aliphatic heterocycles. The van der Waals surface area contributed by atoms with Gasteiger partial charge in [-0.2, -0.15) is 0 Å². The molecule has 0 spiro atoms. The van der Waals surface area contributed by atoms with Crippen LogP contribution in [0.1, 0.15) is 11.1 Å². The van der Waals surface area contributed by atoms with E-state index in [1.165, 1.54) is 5.56 Å². The molecule has 1 saturated heterocycles. The van der Waals surface area contributed by atoms with Gasteiger partial charge in [0.05, 0.1) is 12.7 Å². The van der Waals surface area contributed by atoms with Crippen molar-refractivity contribution < 1.29 is 9.47 Å². The topological polar surface area (TPSA) is 46.1 Å². The van der Waals surface area contributed by atoms with E-state index in [0.29, 0.717) is 0 Å². The Hall–Kier alpha value is -2.53. The van der Waals surface area contributed by atoms with Crippen molar-refractivity contribution in [3.05, 3.63) is 47.5 Å². The van der Waals surface area contributed by atoms with Gasteiger partial charge in [0, 0.05) is 32.2 Å². The van der Waals surface area contributed by atoms with Crippen LogP contribution in [-0.2, 0) is 0 Å². The van der Waals surface area contributed by atoms with Crippen molar-refractivity contribution in [3.63, 3.8) is 0 Å². The third-order valence-corrected chi connectivity index (χ3v) is 4.41. The average Bonchev–Trinajstić information content (AvgIpc) is 2.78. The average molecular weight is 323 g/mol. The molecular weight excluding hydrogens is 302 g/mol. The molecule has 2 aromatic rings. The summed E-state index contributed by atoms with van der Waals surface area (Å²) < 4.78 is 11.5. The van der Waals surface area contributed by atoms with E-state index in [2.05, 4.69) is 23.2 Å². The fourth-order valence-electron chi connectivity index (χ4n) is 3.11. The maximum Gasteiger partial charge on any atom is 0.153 e. The highest BCUT2D eigenvalue weighted by Crippen LogP contribution is 2.40. The van der Waals surface area contributed by atoms with Crippen LogP contribution in [-0.4, -0.2) is 44.0 Å². The molecule has 0 bridgehead atoms. The van der Waals surface area contributed by atoms with Gasteiger partial charge in [-0.25, -0.2) is 4.99 Å². The van der Waals surface area contributed by atoms with E-state index in [9.17, 15) is 0 Å². The lowest BCUT2D eigenvalue weighted by Crippen LogP contribution is -2.46. The molecule has 2 aliphatic rings. The highest BCUT2D eigenvalue weighted by atomic mass is 16.5. The third kappa shape index (κ3) is 2.71. The van der Waals surface area contributed by atoms with Gasteiger partial charge in [-0.3, -0.25) is 0 Å². The predicted molar refractivity (Wildman–Crippen MR) is 94.9 cm³/mol. The largest absolute Gasteiger partial charge is 0.497 e. The molecule has 2 heterocycles. The van der Waals surface area contributed by atoms with Gasteiger partial charge in [0.25, 0.3) is 0 Å². The molecular formula is C19H21N3O2. The Morgan fingerprint density at radius 1 is 1.08 bits per heavy atom. The Kier molecular flexibility index (Phi) is 3.86. The molecule has 124 valence electrons. The summed E-state index contributed by atoms with van der Waals surface area (Å²) >= 11 is 0. The molecule has 24 heavy (non-hydrogen) atoms. The van der Waals surface area contributed by atoms with Crippen molar-refractivity contribution in [2.75, 3.05) is 33.3 Å². The lowest BCUT2D eigenvalue weighted by Gasteiger charge is -2.30. The fourth-order valence-corrected chi connectivity index (χ4v) is 3.11. The molecule has 2 aromatic carbocycles. The van der Waals surface area contributed by atoms with Crippen molar-refractivity contribution in [1.82, 2.24) is 10.2 Å². The smallest absolute Gasteiger partial charge is 0.153 e. The Bertz CT molecular complexity index is 795. The molecule has 0 radical (unpaired) electrons. The molecule has 0 aliphatic carbocycles. The summed E-state index contributed by atoms with van der Waals surface area (Å²) in [6, 6.07) is 12.0. The molecule has 4 rings (SSSR count). The van der Waals surface area contributed by atoms with Gasteiger partial charge in [0.1, 0.15) is 23.0 Å². The summed E-state index contributed by atoms with van der Waals surface area (Å²) in [5, 5.41) is 3.39. The van der Waals surface area contributed by atoms with Crippen molar-refractivity contribution in [1.29, 1.82) is 0 Å². The van der Waals surface area contributed by atoms with Crippen LogP contribution < -0.4 is 14.8 Å². The Morgan fingerprint density at radius 3 is 2.71 bits per heavy atom. The van der Waals surface area contributed by atoms with E-state index < -0.39 is 0 Å². The van der Waals surface area contributed by atoms with Gasteiger partial charge in [0.15, 0.2) is 5.75 Å². The number of fused-ring (bicyclic) bond motifs is 2.